The van der Waals surface area contributed by atoms with Gasteiger partial charge >= 0.3 is 5.97 Å². The molecular weight excluding hydrogens is 176 g/mol. The van der Waals surface area contributed by atoms with E-state index in [1.165, 1.54) is 6.42 Å². The minimum Gasteiger partial charge on any atom is -0.462 e. The Labute approximate surface area is 84.2 Å². The first kappa shape index (κ1) is 10.5. The van der Waals surface area contributed by atoms with Crippen LogP contribution in [0.25, 0.3) is 0 Å². The molecule has 2 nitrogen and oxygen atoms in total. The Kier molecular flexibility index (Phi) is 4.48. The Morgan fingerprint density at radius 2 is 1.86 bits per heavy atom. The number of carbonyl (C=O) groups excluding carboxylic acids is 1. The summed E-state index contributed by atoms with van der Waals surface area (Å²) in [4.78, 5) is 11.0. The molecule has 0 aliphatic heterocycles. The quantitative estimate of drug-likeness (QED) is 0.529. The first-order valence-electron chi connectivity index (χ1n) is 4.71. The van der Waals surface area contributed by atoms with Gasteiger partial charge in [0, 0.05) is 0 Å². The van der Waals surface area contributed by atoms with Crippen LogP contribution in [0.3, 0.4) is 0 Å². The number of esters is 1. The summed E-state index contributed by atoms with van der Waals surface area (Å²) in [5, 5.41) is 0. The van der Waals surface area contributed by atoms with Crippen LogP contribution >= 0.6 is 0 Å². The highest BCUT2D eigenvalue weighted by Crippen LogP contribution is 2.00. The lowest BCUT2D eigenvalue weighted by Crippen LogP contribution is -2.03. The molecule has 0 fully saturated rings. The molecule has 1 aliphatic rings. The lowest BCUT2D eigenvalue weighted by atomic mass is 10.2. The smallest absolute Gasteiger partial charge is 0.338 e. The highest BCUT2D eigenvalue weighted by molar-refractivity contribution is 5.89. The Morgan fingerprint density at radius 3 is 2.29 bits per heavy atom. The van der Waals surface area contributed by atoms with Gasteiger partial charge in [-0.15, -0.1) is 0 Å². The Hall–Kier alpha value is -1.57. The number of rotatable bonds is 2. The molecule has 0 saturated heterocycles. The molecule has 14 heavy (non-hydrogen) atoms. The van der Waals surface area contributed by atoms with Crippen LogP contribution in [0.2, 0.25) is 0 Å². The highest BCUT2D eigenvalue weighted by atomic mass is 16.5. The summed E-state index contributed by atoms with van der Waals surface area (Å²) in [6.07, 6.45) is 5.50. The minimum atomic E-state index is -0.256. The molecule has 0 heterocycles. The molecule has 0 saturated carbocycles. The lowest BCUT2D eigenvalue weighted by Gasteiger charge is -1.99. The fourth-order valence-corrected chi connectivity index (χ4v) is 0.789. The van der Waals surface area contributed by atoms with Gasteiger partial charge in [0.05, 0.1) is 12.2 Å². The van der Waals surface area contributed by atoms with Gasteiger partial charge in [-0.05, 0) is 25.5 Å². The van der Waals surface area contributed by atoms with E-state index in [1.54, 1.807) is 19.1 Å². The largest absolute Gasteiger partial charge is 0.462 e. The highest BCUT2D eigenvalue weighted by Gasteiger charge is 2.02. The number of hydrogen-bond donors (Lipinski definition) is 0. The molecule has 1 aliphatic carbocycles. The van der Waals surface area contributed by atoms with Crippen molar-refractivity contribution < 1.29 is 9.53 Å². The second-order valence-electron chi connectivity index (χ2n) is 2.79. The first-order valence-corrected chi connectivity index (χ1v) is 4.71. The van der Waals surface area contributed by atoms with Crippen LogP contribution in [0.1, 0.15) is 23.7 Å². The summed E-state index contributed by atoms with van der Waals surface area (Å²) in [6, 6.07) is 8.96. The molecule has 1 aromatic carbocycles. The molecule has 0 N–H and O–H groups in total. The number of allylic oxidation sites excluding steroid dienone is 2. The molecule has 0 unspecified atom stereocenters. The molecule has 0 radical (unpaired) electrons. The molecular formula is C12H14O2. The number of ether oxygens (including phenoxy) is 1. The van der Waals surface area contributed by atoms with E-state index in [-0.39, 0.29) is 5.97 Å². The van der Waals surface area contributed by atoms with Gasteiger partial charge in [0.15, 0.2) is 0 Å². The van der Waals surface area contributed by atoms with Crippen LogP contribution in [0.5, 0.6) is 0 Å². The van der Waals surface area contributed by atoms with Gasteiger partial charge in [-0.2, -0.15) is 0 Å². The van der Waals surface area contributed by atoms with Crippen LogP contribution in [0, 0.1) is 0 Å². The first-order chi connectivity index (χ1) is 6.84. The van der Waals surface area contributed by atoms with E-state index < -0.39 is 0 Å². The number of benzene rings is 1. The maximum Gasteiger partial charge on any atom is 0.338 e. The zero-order valence-corrected chi connectivity index (χ0v) is 8.27. The second kappa shape index (κ2) is 5.97. The van der Waals surface area contributed by atoms with Crippen molar-refractivity contribution in [3.8, 4) is 0 Å². The van der Waals surface area contributed by atoms with Gasteiger partial charge < -0.3 is 4.74 Å². The van der Waals surface area contributed by atoms with Gasteiger partial charge in [-0.3, -0.25) is 0 Å². The molecule has 0 aromatic heterocycles. The van der Waals surface area contributed by atoms with E-state index in [1.807, 2.05) is 18.2 Å². The van der Waals surface area contributed by atoms with E-state index in [0.29, 0.717) is 12.2 Å². The molecule has 0 amide bonds. The molecule has 0 spiro atoms. The van der Waals surface area contributed by atoms with Gasteiger partial charge in [-0.25, -0.2) is 4.79 Å². The number of carbonyl (C=O) groups is 1. The normalized spacial score (nSPS) is 11.2. The van der Waals surface area contributed by atoms with Crippen molar-refractivity contribution >= 4 is 5.97 Å². The molecule has 2 rings (SSSR count). The van der Waals surface area contributed by atoms with E-state index in [2.05, 4.69) is 12.2 Å². The topological polar surface area (TPSA) is 26.3 Å². The van der Waals surface area contributed by atoms with E-state index in [4.69, 9.17) is 4.74 Å². The van der Waals surface area contributed by atoms with Crippen molar-refractivity contribution in [1.29, 1.82) is 0 Å². The fourth-order valence-electron chi connectivity index (χ4n) is 0.789. The van der Waals surface area contributed by atoms with Crippen LogP contribution in [0.15, 0.2) is 42.5 Å². The Morgan fingerprint density at radius 1 is 1.29 bits per heavy atom. The zero-order chi connectivity index (χ0) is 10.2. The maximum atomic E-state index is 11.0. The van der Waals surface area contributed by atoms with Gasteiger partial charge in [0.25, 0.3) is 0 Å². The van der Waals surface area contributed by atoms with Gasteiger partial charge in [0.1, 0.15) is 0 Å². The second-order valence-corrected chi connectivity index (χ2v) is 2.79. The third kappa shape index (κ3) is 4.45. The number of hydrogen-bond acceptors (Lipinski definition) is 2. The molecule has 2 heteroatoms. The van der Waals surface area contributed by atoms with Crippen molar-refractivity contribution in [3.63, 3.8) is 0 Å². The van der Waals surface area contributed by atoms with Crippen molar-refractivity contribution in [1.82, 2.24) is 0 Å². The third-order valence-electron chi connectivity index (χ3n) is 1.52. The van der Waals surface area contributed by atoms with Crippen LogP contribution in [0.4, 0.5) is 0 Å². The standard InChI is InChI=1S/C9H10O2.C3H4/c1-2-11-9(10)8-6-4-3-5-7-8;1-2-3-1/h3-7H,2H2,1H3;1-2H,3H2. The summed E-state index contributed by atoms with van der Waals surface area (Å²) < 4.78 is 4.79. The maximum absolute atomic E-state index is 11.0. The van der Waals surface area contributed by atoms with Crippen molar-refractivity contribution in [2.75, 3.05) is 6.61 Å². The molecule has 74 valence electrons. The predicted molar refractivity (Wildman–Crippen MR) is 56.2 cm³/mol. The van der Waals surface area contributed by atoms with E-state index in [9.17, 15) is 4.79 Å². The average Bonchev–Trinajstić information content (AvgIpc) is 3.06. The van der Waals surface area contributed by atoms with Crippen molar-refractivity contribution in [2.24, 2.45) is 0 Å². The summed E-state index contributed by atoms with van der Waals surface area (Å²) in [6.45, 7) is 2.22. The lowest BCUT2D eigenvalue weighted by molar-refractivity contribution is 0.0526. The summed E-state index contributed by atoms with van der Waals surface area (Å²) >= 11 is 0. The molecule has 0 atom stereocenters. The minimum absolute atomic E-state index is 0.256. The van der Waals surface area contributed by atoms with Crippen LogP contribution in [-0.2, 0) is 4.74 Å². The van der Waals surface area contributed by atoms with Crippen LogP contribution < -0.4 is 0 Å². The third-order valence-corrected chi connectivity index (χ3v) is 1.52. The van der Waals surface area contributed by atoms with E-state index >= 15 is 0 Å². The summed E-state index contributed by atoms with van der Waals surface area (Å²) in [7, 11) is 0. The molecule has 0 bridgehead atoms. The Balaban J connectivity index is 0.000000276. The van der Waals surface area contributed by atoms with Gasteiger partial charge in [-0.1, -0.05) is 30.4 Å². The zero-order valence-electron chi connectivity index (χ0n) is 8.27. The predicted octanol–water partition coefficient (Wildman–Crippen LogP) is 2.81. The van der Waals surface area contributed by atoms with Crippen molar-refractivity contribution in [2.45, 2.75) is 13.3 Å². The Bertz CT molecular complexity index is 297. The van der Waals surface area contributed by atoms with Crippen LogP contribution in [-0.4, -0.2) is 12.6 Å². The van der Waals surface area contributed by atoms with Gasteiger partial charge in [0.2, 0.25) is 0 Å². The monoisotopic (exact) mass is 190 g/mol. The summed E-state index contributed by atoms with van der Waals surface area (Å²) in [5.41, 5.74) is 0.606. The summed E-state index contributed by atoms with van der Waals surface area (Å²) in [5.74, 6) is -0.256. The average molecular weight is 190 g/mol. The molecule has 1 aromatic rings. The fraction of sp³-hybridized carbons (Fsp3) is 0.250. The van der Waals surface area contributed by atoms with E-state index in [0.717, 1.165) is 0 Å². The van der Waals surface area contributed by atoms with Crippen molar-refractivity contribution in [3.05, 3.63) is 48.0 Å². The SMILES string of the molecule is C1=CC1.CCOC(=O)c1ccccc1.